The van der Waals surface area contributed by atoms with Crippen LogP contribution in [0.3, 0.4) is 0 Å². The summed E-state index contributed by atoms with van der Waals surface area (Å²) in [5.41, 5.74) is 1.48. The maximum atomic E-state index is 12.2. The van der Waals surface area contributed by atoms with E-state index in [4.69, 9.17) is 27.9 Å². The van der Waals surface area contributed by atoms with Crippen molar-refractivity contribution in [1.82, 2.24) is 5.32 Å². The van der Waals surface area contributed by atoms with Crippen LogP contribution in [-0.4, -0.2) is 13.0 Å². The third-order valence-corrected chi connectivity index (χ3v) is 3.95. The lowest BCUT2D eigenvalue weighted by Gasteiger charge is -2.06. The molecule has 0 saturated carbocycles. The van der Waals surface area contributed by atoms with Crippen molar-refractivity contribution in [3.05, 3.63) is 69.2 Å². The molecule has 0 saturated heterocycles. The van der Waals surface area contributed by atoms with Crippen LogP contribution >= 0.6 is 23.2 Å². The van der Waals surface area contributed by atoms with Gasteiger partial charge in [0.05, 0.1) is 17.2 Å². The van der Waals surface area contributed by atoms with E-state index in [-0.39, 0.29) is 12.1 Å². The molecule has 0 heterocycles. The molecule has 2 aromatic carbocycles. The molecule has 0 radical (unpaired) electrons. The van der Waals surface area contributed by atoms with Crippen LogP contribution in [0.25, 0.3) is 6.08 Å². The van der Waals surface area contributed by atoms with Crippen molar-refractivity contribution in [3.63, 3.8) is 0 Å². The Balaban J connectivity index is 2.09. The summed E-state index contributed by atoms with van der Waals surface area (Å²) in [5, 5.41) is 12.7. The van der Waals surface area contributed by atoms with Crippen molar-refractivity contribution in [2.75, 3.05) is 7.11 Å². The second-order valence-electron chi connectivity index (χ2n) is 4.88. The molecule has 24 heavy (non-hydrogen) atoms. The fourth-order valence-electron chi connectivity index (χ4n) is 1.98. The van der Waals surface area contributed by atoms with Gasteiger partial charge in [-0.15, -0.1) is 0 Å². The van der Waals surface area contributed by atoms with Gasteiger partial charge in [-0.1, -0.05) is 41.4 Å². The number of hydrogen-bond acceptors (Lipinski definition) is 3. The molecule has 0 unspecified atom stereocenters. The van der Waals surface area contributed by atoms with Gasteiger partial charge in [0.1, 0.15) is 17.4 Å². The number of rotatable bonds is 5. The molecule has 6 heteroatoms. The zero-order chi connectivity index (χ0) is 17.5. The molecular formula is C18H14Cl2N2O2. The largest absolute Gasteiger partial charge is 0.497 e. The van der Waals surface area contributed by atoms with Crippen LogP contribution < -0.4 is 10.1 Å². The van der Waals surface area contributed by atoms with Crippen LogP contribution in [0, 0.1) is 11.3 Å². The third kappa shape index (κ3) is 4.76. The van der Waals surface area contributed by atoms with Gasteiger partial charge >= 0.3 is 0 Å². The molecule has 4 nitrogen and oxygen atoms in total. The number of methoxy groups -OCH3 is 1. The highest BCUT2D eigenvalue weighted by Gasteiger charge is 2.09. The Morgan fingerprint density at radius 1 is 1.25 bits per heavy atom. The van der Waals surface area contributed by atoms with E-state index in [0.717, 1.165) is 5.56 Å². The van der Waals surface area contributed by atoms with Crippen molar-refractivity contribution in [2.45, 2.75) is 6.54 Å². The summed E-state index contributed by atoms with van der Waals surface area (Å²) < 4.78 is 5.13. The zero-order valence-corrected chi connectivity index (χ0v) is 14.4. The lowest BCUT2D eigenvalue weighted by Crippen LogP contribution is -2.23. The quantitative estimate of drug-likeness (QED) is 0.641. The van der Waals surface area contributed by atoms with E-state index in [2.05, 4.69) is 5.32 Å². The maximum absolute atomic E-state index is 12.2. The summed E-state index contributed by atoms with van der Waals surface area (Å²) in [6.45, 7) is 0.288. The number of carbonyl (C=O) groups is 1. The zero-order valence-electron chi connectivity index (χ0n) is 12.8. The summed E-state index contributed by atoms with van der Waals surface area (Å²) in [5.74, 6) is 0.236. The number of carbonyl (C=O) groups excluding carboxylic acids is 1. The molecule has 0 aliphatic rings. The molecule has 0 aromatic heterocycles. The fraction of sp³-hybridized carbons (Fsp3) is 0.111. The van der Waals surface area contributed by atoms with Gasteiger partial charge in [-0.05, 0) is 41.5 Å². The summed E-state index contributed by atoms with van der Waals surface area (Å²) in [6, 6.07) is 14.1. The third-order valence-electron chi connectivity index (χ3n) is 3.21. The number of amides is 1. The van der Waals surface area contributed by atoms with E-state index in [0.29, 0.717) is 21.4 Å². The highest BCUT2D eigenvalue weighted by atomic mass is 35.5. The molecule has 2 aromatic rings. The van der Waals surface area contributed by atoms with E-state index >= 15 is 0 Å². The number of nitrogens with one attached hydrogen (secondary N) is 1. The highest BCUT2D eigenvalue weighted by molar-refractivity contribution is 6.42. The number of benzene rings is 2. The smallest absolute Gasteiger partial charge is 0.262 e. The number of halogens is 2. The summed E-state index contributed by atoms with van der Waals surface area (Å²) in [4.78, 5) is 12.2. The topological polar surface area (TPSA) is 62.1 Å². The van der Waals surface area contributed by atoms with Gasteiger partial charge < -0.3 is 10.1 Å². The number of ether oxygens (including phenoxy) is 1. The first-order valence-electron chi connectivity index (χ1n) is 7.01. The highest BCUT2D eigenvalue weighted by Crippen LogP contribution is 2.23. The van der Waals surface area contributed by atoms with Crippen LogP contribution in [0.4, 0.5) is 0 Å². The Morgan fingerprint density at radius 2 is 2.04 bits per heavy atom. The van der Waals surface area contributed by atoms with Gasteiger partial charge in [0.2, 0.25) is 0 Å². The standard InChI is InChI=1S/C18H14Cl2N2O2/c1-24-15-4-2-3-13(8-15)11-22-18(23)14(10-21)7-12-5-6-16(19)17(20)9-12/h2-9H,11H2,1H3,(H,22,23)/b14-7+. The average Bonchev–Trinajstić information content (AvgIpc) is 2.60. The van der Waals surface area contributed by atoms with Gasteiger partial charge in [0.25, 0.3) is 5.91 Å². The Hall–Kier alpha value is -2.48. The molecule has 1 amide bonds. The fourth-order valence-corrected chi connectivity index (χ4v) is 2.28. The number of nitrogens with zero attached hydrogens (tertiary/aromatic N) is 1. The van der Waals surface area contributed by atoms with Gasteiger partial charge in [0.15, 0.2) is 0 Å². The number of hydrogen-bond donors (Lipinski definition) is 1. The van der Waals surface area contributed by atoms with Crippen molar-refractivity contribution >= 4 is 35.2 Å². The van der Waals surface area contributed by atoms with E-state index in [1.807, 2.05) is 30.3 Å². The molecule has 122 valence electrons. The van der Waals surface area contributed by atoms with E-state index in [1.165, 1.54) is 6.08 Å². The van der Waals surface area contributed by atoms with Gasteiger partial charge in [-0.3, -0.25) is 4.79 Å². The molecule has 1 N–H and O–H groups in total. The first-order valence-corrected chi connectivity index (χ1v) is 7.77. The molecule has 0 bridgehead atoms. The van der Waals surface area contributed by atoms with Crippen molar-refractivity contribution < 1.29 is 9.53 Å². The summed E-state index contributed by atoms with van der Waals surface area (Å²) in [7, 11) is 1.57. The molecule has 0 atom stereocenters. The molecular weight excluding hydrogens is 347 g/mol. The second-order valence-corrected chi connectivity index (χ2v) is 5.69. The second kappa shape index (κ2) is 8.39. The first kappa shape index (κ1) is 17.9. The van der Waals surface area contributed by atoms with Crippen LogP contribution in [-0.2, 0) is 11.3 Å². The van der Waals surface area contributed by atoms with E-state index in [1.54, 1.807) is 25.3 Å². The van der Waals surface area contributed by atoms with Crippen molar-refractivity contribution in [1.29, 1.82) is 5.26 Å². The van der Waals surface area contributed by atoms with Crippen molar-refractivity contribution in [2.24, 2.45) is 0 Å². The van der Waals surface area contributed by atoms with E-state index < -0.39 is 5.91 Å². The Labute approximate surface area is 150 Å². The van der Waals surface area contributed by atoms with Gasteiger partial charge in [-0.25, -0.2) is 0 Å². The first-order chi connectivity index (χ1) is 11.5. The van der Waals surface area contributed by atoms with Crippen LogP contribution in [0.5, 0.6) is 5.75 Å². The Morgan fingerprint density at radius 3 is 2.71 bits per heavy atom. The van der Waals surface area contributed by atoms with Gasteiger partial charge in [-0.2, -0.15) is 5.26 Å². The monoisotopic (exact) mass is 360 g/mol. The lowest BCUT2D eigenvalue weighted by atomic mass is 10.1. The Kier molecular flexibility index (Phi) is 6.25. The van der Waals surface area contributed by atoms with Gasteiger partial charge in [0, 0.05) is 6.54 Å². The minimum atomic E-state index is -0.466. The predicted octanol–water partition coefficient (Wildman–Crippen LogP) is 4.23. The van der Waals surface area contributed by atoms with Crippen LogP contribution in [0.15, 0.2) is 48.0 Å². The molecule has 0 spiro atoms. The SMILES string of the molecule is COc1cccc(CNC(=O)/C(C#N)=C/c2ccc(Cl)c(Cl)c2)c1. The number of nitriles is 1. The minimum Gasteiger partial charge on any atom is -0.497 e. The predicted molar refractivity (Wildman–Crippen MR) is 94.9 cm³/mol. The maximum Gasteiger partial charge on any atom is 0.262 e. The molecule has 0 aliphatic carbocycles. The average molecular weight is 361 g/mol. The molecule has 2 rings (SSSR count). The lowest BCUT2D eigenvalue weighted by molar-refractivity contribution is -0.117. The van der Waals surface area contributed by atoms with Crippen LogP contribution in [0.2, 0.25) is 10.0 Å². The van der Waals surface area contributed by atoms with E-state index in [9.17, 15) is 10.1 Å². The summed E-state index contributed by atoms with van der Waals surface area (Å²) >= 11 is 11.8. The van der Waals surface area contributed by atoms with Crippen LogP contribution in [0.1, 0.15) is 11.1 Å². The summed E-state index contributed by atoms with van der Waals surface area (Å²) in [6.07, 6.45) is 1.46. The molecule has 0 aliphatic heterocycles. The van der Waals surface area contributed by atoms with Crippen molar-refractivity contribution in [3.8, 4) is 11.8 Å². The Bertz CT molecular complexity index is 826. The molecule has 0 fully saturated rings. The normalized spacial score (nSPS) is 10.8. The minimum absolute atomic E-state index is 0.0173.